The first-order valence-electron chi connectivity index (χ1n) is 15.8. The summed E-state index contributed by atoms with van der Waals surface area (Å²) in [6.07, 6.45) is 6.12. The predicted molar refractivity (Wildman–Crippen MR) is 167 cm³/mol. The van der Waals surface area contributed by atoms with E-state index >= 15 is 0 Å². The van der Waals surface area contributed by atoms with Gasteiger partial charge in [-0.3, -0.25) is 9.59 Å². The van der Waals surface area contributed by atoms with Crippen LogP contribution in [0, 0.1) is 5.41 Å². The Morgan fingerprint density at radius 2 is 1.80 bits per heavy atom. The first-order chi connectivity index (χ1) is 21.2. The number of carbonyl (C=O) groups is 2. The molecule has 2 saturated carbocycles. The topological polar surface area (TPSA) is 121 Å². The van der Waals surface area contributed by atoms with Crippen molar-refractivity contribution >= 4 is 33.0 Å². The lowest BCUT2D eigenvalue weighted by molar-refractivity contribution is -0.144. The minimum atomic E-state index is -4.01. The third kappa shape index (κ3) is 4.71. The molecule has 1 saturated heterocycles. The van der Waals surface area contributed by atoms with Crippen LogP contribution in [0.1, 0.15) is 78.8 Å². The Morgan fingerprint density at radius 3 is 2.48 bits per heavy atom. The fraction of sp³-hybridized carbons (Fsp3) is 0.515. The second kappa shape index (κ2) is 10.9. The molecule has 1 aromatic heterocycles. The molecule has 7 rings (SSSR count). The third-order valence-corrected chi connectivity index (χ3v) is 12.0. The predicted octanol–water partition coefficient (Wildman–Crippen LogP) is 4.55. The minimum absolute atomic E-state index is 0.135. The molecule has 2 N–H and O–H groups in total. The Kier molecular flexibility index (Phi) is 7.25. The number of rotatable bonds is 7. The van der Waals surface area contributed by atoms with E-state index in [0.717, 1.165) is 60.0 Å². The lowest BCUT2D eigenvalue weighted by atomic mass is 9.81. The number of carbonyl (C=O) groups excluding carboxylic acids is 1. The molecule has 0 radical (unpaired) electrons. The van der Waals surface area contributed by atoms with Gasteiger partial charge in [0.05, 0.1) is 18.2 Å². The number of nitrogens with one attached hydrogen (secondary N) is 1. The van der Waals surface area contributed by atoms with Crippen LogP contribution in [0.2, 0.25) is 0 Å². The van der Waals surface area contributed by atoms with Crippen molar-refractivity contribution in [1.82, 2.24) is 18.5 Å². The second-order valence-corrected chi connectivity index (χ2v) is 14.5. The monoisotopic (exact) mass is 620 g/mol. The van der Waals surface area contributed by atoms with Gasteiger partial charge in [-0.2, -0.15) is 12.7 Å². The van der Waals surface area contributed by atoms with Crippen molar-refractivity contribution in [3.63, 3.8) is 0 Å². The summed E-state index contributed by atoms with van der Waals surface area (Å²) in [5, 5.41) is 11.5. The van der Waals surface area contributed by atoms with E-state index in [1.54, 1.807) is 19.2 Å². The highest BCUT2D eigenvalue weighted by molar-refractivity contribution is 7.87. The second-order valence-electron chi connectivity index (χ2n) is 12.9. The molecule has 3 fully saturated rings. The van der Waals surface area contributed by atoms with Crippen LogP contribution in [0.25, 0.3) is 22.2 Å². The lowest BCUT2D eigenvalue weighted by Crippen LogP contribution is -2.52. The van der Waals surface area contributed by atoms with Crippen molar-refractivity contribution in [3.8, 4) is 17.0 Å². The van der Waals surface area contributed by atoms with Crippen molar-refractivity contribution in [2.75, 3.05) is 39.8 Å². The Labute approximate surface area is 258 Å². The lowest BCUT2D eigenvalue weighted by Gasteiger charge is -2.32. The molecule has 1 amide bonds. The quantitative estimate of drug-likeness (QED) is 0.398. The molecule has 11 heteroatoms. The number of piperazine rings is 1. The average Bonchev–Trinajstić information content (AvgIpc) is 3.71. The zero-order valence-electron chi connectivity index (χ0n) is 25.3. The van der Waals surface area contributed by atoms with Crippen LogP contribution in [-0.2, 0) is 21.5 Å². The summed E-state index contributed by atoms with van der Waals surface area (Å²) < 4.78 is 37.6. The Hall–Kier alpha value is -3.41. The number of aromatic nitrogens is 1. The summed E-state index contributed by atoms with van der Waals surface area (Å²) in [6, 6.07) is 11.4. The van der Waals surface area contributed by atoms with Gasteiger partial charge >= 0.3 is 16.2 Å². The molecule has 2 aromatic carbocycles. The standard InChI is InChI=1S/C33H40N4O6S/c1-3-35-13-15-36(16-14-35)44(41,42)34-31(38)22-9-11-25-28(17-22)37-20-33(32(39)40)19-27(33)26-18-23(43-2)10-12-24(26)30(37)29(25)21-7-5-4-6-8-21/h9-12,17-18,21,27H,3-8,13-16,19-20H2,1-2H3,(H,34,38)(H,39,40). The van der Waals surface area contributed by atoms with Crippen molar-refractivity contribution < 1.29 is 27.9 Å². The van der Waals surface area contributed by atoms with Gasteiger partial charge in [-0.25, -0.2) is 4.72 Å². The molecule has 4 aliphatic rings. The first-order valence-corrected chi connectivity index (χ1v) is 17.2. The van der Waals surface area contributed by atoms with Crippen LogP contribution in [0.4, 0.5) is 0 Å². The summed E-state index contributed by atoms with van der Waals surface area (Å²) in [5.74, 6) is -0.627. The van der Waals surface area contributed by atoms with Gasteiger partial charge in [0.1, 0.15) is 5.75 Å². The number of nitrogens with zero attached hydrogens (tertiary/aromatic N) is 3. The van der Waals surface area contributed by atoms with Gasteiger partial charge in [-0.05, 0) is 73.2 Å². The van der Waals surface area contributed by atoms with Gasteiger partial charge < -0.3 is 19.3 Å². The summed E-state index contributed by atoms with van der Waals surface area (Å²) in [5.41, 5.74) is 4.31. The number of likely N-dealkylation sites (N-methyl/N-ethyl adjacent to an activating group) is 1. The number of methoxy groups -OCH3 is 1. The molecule has 2 unspecified atom stereocenters. The molecule has 10 nitrogen and oxygen atoms in total. The molecular weight excluding hydrogens is 580 g/mol. The number of amides is 1. The zero-order valence-corrected chi connectivity index (χ0v) is 26.2. The number of carboxylic acid groups (broad SMARTS) is 1. The summed E-state index contributed by atoms with van der Waals surface area (Å²) in [7, 11) is -2.39. The molecule has 3 aromatic rings. The van der Waals surface area contributed by atoms with Crippen LogP contribution in [0.15, 0.2) is 36.4 Å². The average molecular weight is 621 g/mol. The van der Waals surface area contributed by atoms with Gasteiger partial charge in [0.2, 0.25) is 0 Å². The Balaban J connectivity index is 1.34. The number of hydrogen-bond acceptors (Lipinski definition) is 6. The van der Waals surface area contributed by atoms with E-state index in [4.69, 9.17) is 4.74 Å². The Bertz CT molecular complexity index is 1750. The summed E-state index contributed by atoms with van der Waals surface area (Å²) >= 11 is 0. The van der Waals surface area contributed by atoms with E-state index in [1.165, 1.54) is 16.3 Å². The smallest absolute Gasteiger partial charge is 0.312 e. The maximum atomic E-state index is 13.5. The molecule has 44 heavy (non-hydrogen) atoms. The van der Waals surface area contributed by atoms with E-state index in [9.17, 15) is 23.1 Å². The number of fused-ring (bicyclic) bond motifs is 7. The maximum absolute atomic E-state index is 13.5. The zero-order chi connectivity index (χ0) is 30.8. The van der Waals surface area contributed by atoms with E-state index in [-0.39, 0.29) is 18.0 Å². The SMILES string of the molecule is CCN1CCN(S(=O)(=O)NC(=O)c2ccc3c(C4CCCCC4)c4n(c3c2)CC2(C(=O)O)CC2c2cc(OC)ccc2-4)CC1. The van der Waals surface area contributed by atoms with Gasteiger partial charge in [-0.1, -0.05) is 32.3 Å². The minimum Gasteiger partial charge on any atom is -0.497 e. The van der Waals surface area contributed by atoms with Crippen molar-refractivity contribution in [2.45, 2.75) is 63.8 Å². The van der Waals surface area contributed by atoms with Crippen molar-refractivity contribution in [1.29, 1.82) is 0 Å². The highest BCUT2D eigenvalue weighted by atomic mass is 32.2. The Morgan fingerprint density at radius 1 is 1.05 bits per heavy atom. The molecule has 234 valence electrons. The van der Waals surface area contributed by atoms with Crippen LogP contribution >= 0.6 is 0 Å². The largest absolute Gasteiger partial charge is 0.497 e. The van der Waals surface area contributed by atoms with E-state index in [1.807, 2.05) is 25.1 Å². The van der Waals surface area contributed by atoms with Gasteiger partial charge in [-0.15, -0.1) is 0 Å². The summed E-state index contributed by atoms with van der Waals surface area (Å²) in [4.78, 5) is 28.5. The van der Waals surface area contributed by atoms with Gasteiger partial charge in [0.25, 0.3) is 5.91 Å². The number of carboxylic acids is 1. The van der Waals surface area contributed by atoms with Crippen molar-refractivity contribution in [3.05, 3.63) is 53.1 Å². The molecule has 3 heterocycles. The van der Waals surface area contributed by atoms with Gasteiger partial charge in [0.15, 0.2) is 0 Å². The number of hydrogen-bond donors (Lipinski definition) is 2. The van der Waals surface area contributed by atoms with Crippen LogP contribution in [0.5, 0.6) is 5.75 Å². The third-order valence-electron chi connectivity index (χ3n) is 10.6. The molecule has 2 atom stereocenters. The summed E-state index contributed by atoms with van der Waals surface area (Å²) in [6.45, 7) is 5.08. The van der Waals surface area contributed by atoms with Crippen LogP contribution in [0.3, 0.4) is 0 Å². The molecule has 2 aliphatic carbocycles. The van der Waals surface area contributed by atoms with Crippen LogP contribution < -0.4 is 9.46 Å². The first kappa shape index (κ1) is 29.3. The highest BCUT2D eigenvalue weighted by Crippen LogP contribution is 2.65. The molecular formula is C33H40N4O6S. The number of ether oxygens (including phenoxy) is 1. The molecule has 2 aliphatic heterocycles. The van der Waals surface area contributed by atoms with E-state index in [2.05, 4.69) is 20.3 Å². The number of benzene rings is 2. The van der Waals surface area contributed by atoms with E-state index < -0.39 is 27.5 Å². The van der Waals surface area contributed by atoms with Crippen LogP contribution in [-0.4, -0.2) is 79.0 Å². The van der Waals surface area contributed by atoms with Crippen molar-refractivity contribution in [2.24, 2.45) is 5.41 Å². The highest BCUT2D eigenvalue weighted by Gasteiger charge is 2.63. The fourth-order valence-corrected chi connectivity index (χ4v) is 9.07. The maximum Gasteiger partial charge on any atom is 0.312 e. The fourth-order valence-electron chi connectivity index (χ4n) is 7.95. The number of aliphatic carboxylic acids is 1. The van der Waals surface area contributed by atoms with E-state index in [0.29, 0.717) is 44.3 Å². The van der Waals surface area contributed by atoms with Gasteiger partial charge in [0, 0.05) is 60.7 Å². The molecule has 0 spiro atoms. The normalized spacial score (nSPS) is 24.2. The molecule has 0 bridgehead atoms.